The molecule has 1 aliphatic rings. The van der Waals surface area contributed by atoms with Gasteiger partial charge in [-0.3, -0.25) is 9.69 Å². The molecule has 0 aliphatic carbocycles. The molecule has 1 saturated heterocycles. The largest absolute Gasteiger partial charge is 0.480 e. The highest BCUT2D eigenvalue weighted by Crippen LogP contribution is 2.18. The highest BCUT2D eigenvalue weighted by atomic mass is 32.2. The SMILES string of the molecule is O=C(O)CN(CCCc1ccccc1)C1CCS(=O)(=O)C1. The van der Waals surface area contributed by atoms with Gasteiger partial charge in [0, 0.05) is 6.04 Å². The van der Waals surface area contributed by atoms with E-state index in [4.69, 9.17) is 5.11 Å². The number of carbonyl (C=O) groups is 1. The van der Waals surface area contributed by atoms with Crippen molar-refractivity contribution in [3.05, 3.63) is 35.9 Å². The number of nitrogens with zero attached hydrogens (tertiary/aromatic N) is 1. The van der Waals surface area contributed by atoms with E-state index in [2.05, 4.69) is 0 Å². The molecule has 1 atom stereocenters. The molecule has 1 aromatic carbocycles. The molecule has 0 radical (unpaired) electrons. The van der Waals surface area contributed by atoms with Gasteiger partial charge in [-0.1, -0.05) is 30.3 Å². The van der Waals surface area contributed by atoms with Crippen molar-refractivity contribution in [2.75, 3.05) is 24.6 Å². The summed E-state index contributed by atoms with van der Waals surface area (Å²) in [5.41, 5.74) is 1.21. The number of aryl methyl sites for hydroxylation is 1. The first kappa shape index (κ1) is 16.0. The molecule has 0 amide bonds. The van der Waals surface area contributed by atoms with Crippen molar-refractivity contribution in [1.82, 2.24) is 4.90 Å². The molecule has 1 fully saturated rings. The van der Waals surface area contributed by atoms with Gasteiger partial charge in [0.1, 0.15) is 0 Å². The number of rotatable bonds is 7. The number of carboxylic acids is 1. The van der Waals surface area contributed by atoms with Crippen molar-refractivity contribution in [2.45, 2.75) is 25.3 Å². The maximum absolute atomic E-state index is 11.6. The summed E-state index contributed by atoms with van der Waals surface area (Å²) in [6, 6.07) is 9.86. The Morgan fingerprint density at radius 1 is 1.29 bits per heavy atom. The van der Waals surface area contributed by atoms with E-state index in [1.54, 1.807) is 4.90 Å². The summed E-state index contributed by atoms with van der Waals surface area (Å²) >= 11 is 0. The van der Waals surface area contributed by atoms with Crippen molar-refractivity contribution < 1.29 is 18.3 Å². The van der Waals surface area contributed by atoms with E-state index in [0.29, 0.717) is 13.0 Å². The Hall–Kier alpha value is -1.40. The maximum atomic E-state index is 11.6. The first-order valence-corrected chi connectivity index (χ1v) is 8.98. The quantitative estimate of drug-likeness (QED) is 0.819. The summed E-state index contributed by atoms with van der Waals surface area (Å²) < 4.78 is 23.1. The van der Waals surface area contributed by atoms with Crippen molar-refractivity contribution >= 4 is 15.8 Å². The third-order valence-corrected chi connectivity index (χ3v) is 5.57. The second-order valence-corrected chi connectivity index (χ2v) is 7.74. The molecule has 1 aromatic rings. The van der Waals surface area contributed by atoms with Gasteiger partial charge in [0.05, 0.1) is 18.1 Å². The van der Waals surface area contributed by atoms with Crippen molar-refractivity contribution in [3.63, 3.8) is 0 Å². The molecular formula is C15H21NO4S. The molecule has 1 aliphatic heterocycles. The van der Waals surface area contributed by atoms with Gasteiger partial charge >= 0.3 is 5.97 Å². The van der Waals surface area contributed by atoms with E-state index < -0.39 is 15.8 Å². The molecule has 0 spiro atoms. The maximum Gasteiger partial charge on any atom is 0.317 e. The predicted octanol–water partition coefficient (Wildman–Crippen LogP) is 1.19. The van der Waals surface area contributed by atoms with Crippen molar-refractivity contribution in [3.8, 4) is 0 Å². The average Bonchev–Trinajstić information content (AvgIpc) is 2.79. The summed E-state index contributed by atoms with van der Waals surface area (Å²) in [7, 11) is -2.99. The average molecular weight is 311 g/mol. The van der Waals surface area contributed by atoms with Crippen molar-refractivity contribution in [2.24, 2.45) is 0 Å². The lowest BCUT2D eigenvalue weighted by atomic mass is 10.1. The Labute approximate surface area is 125 Å². The molecule has 1 unspecified atom stereocenters. The Bertz CT molecular complexity index is 571. The number of carboxylic acid groups (broad SMARTS) is 1. The summed E-state index contributed by atoms with van der Waals surface area (Å²) in [5, 5.41) is 9.00. The number of hydrogen-bond donors (Lipinski definition) is 1. The van der Waals surface area contributed by atoms with Crippen LogP contribution in [-0.2, 0) is 21.1 Å². The Morgan fingerprint density at radius 3 is 2.57 bits per heavy atom. The summed E-state index contributed by atoms with van der Waals surface area (Å²) in [5.74, 6) is -0.642. The third kappa shape index (κ3) is 5.13. The van der Waals surface area contributed by atoms with Crippen LogP contribution in [0.3, 0.4) is 0 Å². The first-order chi connectivity index (χ1) is 9.96. The Morgan fingerprint density at radius 2 is 2.00 bits per heavy atom. The van der Waals surface area contributed by atoms with Crippen LogP contribution >= 0.6 is 0 Å². The van der Waals surface area contributed by atoms with Gasteiger partial charge in [-0.25, -0.2) is 8.42 Å². The fraction of sp³-hybridized carbons (Fsp3) is 0.533. The van der Waals surface area contributed by atoms with Crippen LogP contribution in [0.25, 0.3) is 0 Å². The minimum absolute atomic E-state index is 0.0883. The van der Waals surface area contributed by atoms with Crippen LogP contribution in [-0.4, -0.2) is 55.0 Å². The summed E-state index contributed by atoms with van der Waals surface area (Å²) in [6.07, 6.45) is 2.24. The summed E-state index contributed by atoms with van der Waals surface area (Å²) in [4.78, 5) is 12.8. The molecule has 116 valence electrons. The van der Waals surface area contributed by atoms with Crippen LogP contribution in [0.5, 0.6) is 0 Å². The number of hydrogen-bond acceptors (Lipinski definition) is 4. The smallest absolute Gasteiger partial charge is 0.317 e. The molecule has 1 N–H and O–H groups in total. The lowest BCUT2D eigenvalue weighted by Crippen LogP contribution is -2.40. The zero-order valence-electron chi connectivity index (χ0n) is 11.9. The minimum Gasteiger partial charge on any atom is -0.480 e. The van der Waals surface area contributed by atoms with Gasteiger partial charge in [-0.15, -0.1) is 0 Å². The lowest BCUT2D eigenvalue weighted by Gasteiger charge is -2.26. The highest BCUT2D eigenvalue weighted by molar-refractivity contribution is 7.91. The van der Waals surface area contributed by atoms with Crippen LogP contribution in [0.4, 0.5) is 0 Å². The van der Waals surface area contributed by atoms with Gasteiger partial charge in [-0.05, 0) is 31.4 Å². The van der Waals surface area contributed by atoms with Gasteiger partial charge in [0.15, 0.2) is 9.84 Å². The number of benzene rings is 1. The van der Waals surface area contributed by atoms with Gasteiger partial charge in [-0.2, -0.15) is 0 Å². The zero-order chi connectivity index (χ0) is 15.3. The van der Waals surface area contributed by atoms with Crippen molar-refractivity contribution in [1.29, 1.82) is 0 Å². The molecule has 2 rings (SSSR count). The monoisotopic (exact) mass is 311 g/mol. The standard InChI is InChI=1S/C15H21NO4S/c17-15(18)11-16(14-8-10-21(19,20)12-14)9-4-7-13-5-2-1-3-6-13/h1-3,5-6,14H,4,7-12H2,(H,17,18). The van der Waals surface area contributed by atoms with E-state index in [1.165, 1.54) is 5.56 Å². The Kier molecular flexibility index (Phi) is 5.36. The normalized spacial score (nSPS) is 20.7. The van der Waals surface area contributed by atoms with E-state index in [0.717, 1.165) is 12.8 Å². The molecule has 0 aromatic heterocycles. The molecule has 1 heterocycles. The molecule has 21 heavy (non-hydrogen) atoms. The third-order valence-electron chi connectivity index (χ3n) is 3.82. The summed E-state index contributed by atoms with van der Waals surface area (Å²) in [6.45, 7) is 0.524. The molecule has 0 bridgehead atoms. The van der Waals surface area contributed by atoms with Gasteiger partial charge < -0.3 is 5.11 Å². The number of aliphatic carboxylic acids is 1. The van der Waals surface area contributed by atoms with E-state index in [1.807, 2.05) is 30.3 Å². The fourth-order valence-electron chi connectivity index (χ4n) is 2.76. The minimum atomic E-state index is -2.99. The second-order valence-electron chi connectivity index (χ2n) is 5.51. The van der Waals surface area contributed by atoms with E-state index >= 15 is 0 Å². The molecule has 0 saturated carbocycles. The van der Waals surface area contributed by atoms with Crippen LogP contribution in [0, 0.1) is 0 Å². The van der Waals surface area contributed by atoms with Gasteiger partial charge in [0.25, 0.3) is 0 Å². The molecule has 6 heteroatoms. The number of sulfone groups is 1. The highest BCUT2D eigenvalue weighted by Gasteiger charge is 2.32. The molecular weight excluding hydrogens is 290 g/mol. The van der Waals surface area contributed by atoms with Crippen LogP contribution in [0.1, 0.15) is 18.4 Å². The lowest BCUT2D eigenvalue weighted by molar-refractivity contribution is -0.138. The van der Waals surface area contributed by atoms with Crippen LogP contribution in [0.15, 0.2) is 30.3 Å². The zero-order valence-corrected chi connectivity index (χ0v) is 12.8. The van der Waals surface area contributed by atoms with E-state index in [9.17, 15) is 13.2 Å². The van der Waals surface area contributed by atoms with E-state index in [-0.39, 0.29) is 24.1 Å². The van der Waals surface area contributed by atoms with Crippen LogP contribution in [0.2, 0.25) is 0 Å². The second kappa shape index (κ2) is 7.04. The Balaban J connectivity index is 1.89. The molecule has 5 nitrogen and oxygen atoms in total. The van der Waals surface area contributed by atoms with Gasteiger partial charge in [0.2, 0.25) is 0 Å². The topological polar surface area (TPSA) is 74.7 Å². The fourth-order valence-corrected chi connectivity index (χ4v) is 4.52. The first-order valence-electron chi connectivity index (χ1n) is 7.16. The predicted molar refractivity (Wildman–Crippen MR) is 81.0 cm³/mol. The van der Waals surface area contributed by atoms with Crippen LogP contribution < -0.4 is 0 Å².